The van der Waals surface area contributed by atoms with Gasteiger partial charge in [-0.05, 0) is 63.8 Å². The Bertz CT molecular complexity index is 1030. The highest BCUT2D eigenvalue weighted by Gasteiger charge is 2.13. The van der Waals surface area contributed by atoms with E-state index in [2.05, 4.69) is 4.90 Å². The third-order valence-electron chi connectivity index (χ3n) is 4.67. The highest BCUT2D eigenvalue weighted by atomic mass is 35.5. The lowest BCUT2D eigenvalue weighted by Gasteiger charge is -2.17. The Labute approximate surface area is 183 Å². The summed E-state index contributed by atoms with van der Waals surface area (Å²) in [5, 5.41) is 0.584. The normalized spacial score (nSPS) is 11.0. The molecule has 2 aromatic carbocycles. The molecule has 0 saturated carbocycles. The Hall–Kier alpha value is -2.57. The van der Waals surface area contributed by atoms with Gasteiger partial charge in [0.1, 0.15) is 17.3 Å². The van der Waals surface area contributed by atoms with Crippen LogP contribution in [0.2, 0.25) is 0 Å². The van der Waals surface area contributed by atoms with Gasteiger partial charge in [0.05, 0.1) is 24.1 Å². The number of likely N-dealkylation sites (N-methyl/N-ethyl adjacent to an activating group) is 1. The first kappa shape index (κ1) is 23.7. The van der Waals surface area contributed by atoms with Crippen LogP contribution >= 0.6 is 12.4 Å². The average molecular weight is 432 g/mol. The molecule has 0 aliphatic rings. The number of methoxy groups -OCH3 is 1. The van der Waals surface area contributed by atoms with Gasteiger partial charge in [-0.2, -0.15) is 0 Å². The summed E-state index contributed by atoms with van der Waals surface area (Å²) in [5.74, 6) is 2.25. The van der Waals surface area contributed by atoms with E-state index in [1.165, 1.54) is 0 Å². The third kappa shape index (κ3) is 5.74. The topological polar surface area (TPSA) is 56.6 Å². The lowest BCUT2D eigenvalue weighted by molar-refractivity contribution is 0.242. The molecule has 0 N–H and O–H groups in total. The van der Waals surface area contributed by atoms with Crippen LogP contribution in [0.25, 0.3) is 10.9 Å². The maximum atomic E-state index is 13.3. The molecule has 1 aromatic heterocycles. The minimum Gasteiger partial charge on any atom is -0.497 e. The van der Waals surface area contributed by atoms with Gasteiger partial charge < -0.3 is 14.4 Å². The molecule has 30 heavy (non-hydrogen) atoms. The minimum absolute atomic E-state index is 0. The van der Waals surface area contributed by atoms with E-state index in [0.29, 0.717) is 29.6 Å². The van der Waals surface area contributed by atoms with Crippen molar-refractivity contribution in [3.63, 3.8) is 0 Å². The molecule has 0 spiro atoms. The van der Waals surface area contributed by atoms with Gasteiger partial charge in [-0.1, -0.05) is 12.1 Å². The Kier molecular flexibility index (Phi) is 8.26. The van der Waals surface area contributed by atoms with Crippen LogP contribution in [0.5, 0.6) is 11.5 Å². The van der Waals surface area contributed by atoms with Crippen molar-refractivity contribution in [3.8, 4) is 11.5 Å². The van der Waals surface area contributed by atoms with Crippen molar-refractivity contribution in [1.82, 2.24) is 14.5 Å². The number of hydrogen-bond acceptors (Lipinski definition) is 5. The SMILES string of the molecule is COc1ccc(Cc2nc3ccc(OC(C)C)cc3c(=O)n2CCN(C)C)cc1.Cl. The van der Waals surface area contributed by atoms with E-state index >= 15 is 0 Å². The summed E-state index contributed by atoms with van der Waals surface area (Å²) in [7, 11) is 5.64. The number of fused-ring (bicyclic) bond motifs is 1. The van der Waals surface area contributed by atoms with Crippen LogP contribution in [0.3, 0.4) is 0 Å². The Morgan fingerprint density at radius 1 is 1.07 bits per heavy atom. The molecule has 3 rings (SSSR count). The third-order valence-corrected chi connectivity index (χ3v) is 4.67. The van der Waals surface area contributed by atoms with Crippen LogP contribution in [-0.4, -0.2) is 48.3 Å². The summed E-state index contributed by atoms with van der Waals surface area (Å²) in [5.41, 5.74) is 1.74. The standard InChI is InChI=1S/C23H29N3O3.ClH/c1-16(2)29-19-10-11-21-20(15-19)23(27)26(13-12-25(3)4)22(24-21)14-17-6-8-18(28-5)9-7-17;/h6-11,15-16H,12-14H2,1-5H3;1H. The predicted molar refractivity (Wildman–Crippen MR) is 123 cm³/mol. The van der Waals surface area contributed by atoms with E-state index in [9.17, 15) is 4.79 Å². The molecule has 0 radical (unpaired) electrons. The van der Waals surface area contributed by atoms with Crippen LogP contribution in [0, 0.1) is 0 Å². The number of aromatic nitrogens is 2. The summed E-state index contributed by atoms with van der Waals surface area (Å²) in [6.45, 7) is 5.27. The number of rotatable bonds is 8. The Morgan fingerprint density at radius 3 is 2.33 bits per heavy atom. The molecule has 162 valence electrons. The van der Waals surface area contributed by atoms with Gasteiger partial charge >= 0.3 is 0 Å². The molecule has 0 amide bonds. The van der Waals surface area contributed by atoms with Crippen molar-refractivity contribution < 1.29 is 9.47 Å². The predicted octanol–water partition coefficient (Wildman–Crippen LogP) is 3.77. The number of hydrogen-bond donors (Lipinski definition) is 0. The highest BCUT2D eigenvalue weighted by molar-refractivity contribution is 5.85. The van der Waals surface area contributed by atoms with E-state index < -0.39 is 0 Å². The quantitative estimate of drug-likeness (QED) is 0.543. The Morgan fingerprint density at radius 2 is 1.73 bits per heavy atom. The van der Waals surface area contributed by atoms with Crippen molar-refractivity contribution in [2.45, 2.75) is 32.9 Å². The molecule has 0 bridgehead atoms. The van der Waals surface area contributed by atoms with Crippen molar-refractivity contribution in [3.05, 3.63) is 64.2 Å². The molecule has 3 aromatic rings. The molecule has 0 aliphatic carbocycles. The molecule has 6 nitrogen and oxygen atoms in total. The van der Waals surface area contributed by atoms with E-state index in [4.69, 9.17) is 14.5 Å². The van der Waals surface area contributed by atoms with Gasteiger partial charge in [0, 0.05) is 19.5 Å². The summed E-state index contributed by atoms with van der Waals surface area (Å²) in [6, 6.07) is 13.4. The molecular formula is C23H30ClN3O3. The molecule has 7 heteroatoms. The smallest absolute Gasteiger partial charge is 0.261 e. The summed E-state index contributed by atoms with van der Waals surface area (Å²) < 4.78 is 12.8. The van der Waals surface area contributed by atoms with Crippen LogP contribution in [0.1, 0.15) is 25.2 Å². The second-order valence-corrected chi connectivity index (χ2v) is 7.66. The minimum atomic E-state index is -0.0328. The van der Waals surface area contributed by atoms with E-state index in [1.807, 2.05) is 64.3 Å². The average Bonchev–Trinajstić information content (AvgIpc) is 2.68. The molecular weight excluding hydrogens is 402 g/mol. The van der Waals surface area contributed by atoms with Gasteiger partial charge in [-0.15, -0.1) is 12.4 Å². The summed E-state index contributed by atoms with van der Waals surface area (Å²) in [6.07, 6.45) is 0.623. The maximum absolute atomic E-state index is 13.3. The second-order valence-electron chi connectivity index (χ2n) is 7.66. The van der Waals surface area contributed by atoms with Crippen LogP contribution < -0.4 is 15.0 Å². The molecule has 0 unspecified atom stereocenters. The first-order valence-electron chi connectivity index (χ1n) is 9.85. The number of nitrogens with zero attached hydrogens (tertiary/aromatic N) is 3. The zero-order valence-electron chi connectivity index (χ0n) is 18.2. The van der Waals surface area contributed by atoms with Gasteiger partial charge in [0.2, 0.25) is 0 Å². The van der Waals surface area contributed by atoms with Crippen molar-refractivity contribution in [2.24, 2.45) is 0 Å². The van der Waals surface area contributed by atoms with Crippen molar-refractivity contribution >= 4 is 23.3 Å². The monoisotopic (exact) mass is 431 g/mol. The zero-order chi connectivity index (χ0) is 21.0. The fourth-order valence-corrected chi connectivity index (χ4v) is 3.18. The van der Waals surface area contributed by atoms with Crippen LogP contribution in [0.4, 0.5) is 0 Å². The molecule has 0 atom stereocenters. The van der Waals surface area contributed by atoms with Gasteiger partial charge in [-0.3, -0.25) is 9.36 Å². The number of halogens is 1. The highest BCUT2D eigenvalue weighted by Crippen LogP contribution is 2.20. The molecule has 0 fully saturated rings. The van der Waals surface area contributed by atoms with E-state index in [1.54, 1.807) is 17.7 Å². The van der Waals surface area contributed by atoms with E-state index in [0.717, 1.165) is 23.7 Å². The van der Waals surface area contributed by atoms with Crippen LogP contribution in [0.15, 0.2) is 47.3 Å². The summed E-state index contributed by atoms with van der Waals surface area (Å²) in [4.78, 5) is 20.2. The molecule has 0 aliphatic heterocycles. The van der Waals surface area contributed by atoms with Gasteiger partial charge in [0.15, 0.2) is 0 Å². The first-order chi connectivity index (χ1) is 13.9. The van der Waals surface area contributed by atoms with Crippen molar-refractivity contribution in [1.29, 1.82) is 0 Å². The number of ether oxygens (including phenoxy) is 2. The molecule has 1 heterocycles. The van der Waals surface area contributed by atoms with E-state index in [-0.39, 0.29) is 24.1 Å². The van der Waals surface area contributed by atoms with Crippen molar-refractivity contribution in [2.75, 3.05) is 27.7 Å². The first-order valence-corrected chi connectivity index (χ1v) is 9.85. The maximum Gasteiger partial charge on any atom is 0.261 e. The lowest BCUT2D eigenvalue weighted by Crippen LogP contribution is -2.30. The van der Waals surface area contributed by atoms with Crippen LogP contribution in [-0.2, 0) is 13.0 Å². The second kappa shape index (κ2) is 10.5. The lowest BCUT2D eigenvalue weighted by atomic mass is 10.1. The molecule has 0 saturated heterocycles. The number of benzene rings is 2. The fourth-order valence-electron chi connectivity index (χ4n) is 3.18. The fraction of sp³-hybridized carbons (Fsp3) is 0.391. The van der Waals surface area contributed by atoms with Gasteiger partial charge in [-0.25, -0.2) is 4.98 Å². The Balaban J connectivity index is 0.00000320. The summed E-state index contributed by atoms with van der Waals surface area (Å²) >= 11 is 0. The zero-order valence-corrected chi connectivity index (χ0v) is 19.0. The van der Waals surface area contributed by atoms with Gasteiger partial charge in [0.25, 0.3) is 5.56 Å². The largest absolute Gasteiger partial charge is 0.497 e.